The van der Waals surface area contributed by atoms with E-state index in [1.54, 1.807) is 0 Å². The third-order valence-corrected chi connectivity index (χ3v) is 3.86. The molecular formula is C16H20N4O. The van der Waals surface area contributed by atoms with E-state index in [4.69, 9.17) is 15.2 Å². The van der Waals surface area contributed by atoms with Gasteiger partial charge in [-0.2, -0.15) is 0 Å². The highest BCUT2D eigenvalue weighted by atomic mass is 16.5. The Morgan fingerprint density at radius 2 is 2.10 bits per heavy atom. The maximum Gasteiger partial charge on any atom is 0.138 e. The predicted octanol–water partition coefficient (Wildman–Crippen LogP) is 3.22. The molecule has 0 aliphatic rings. The van der Waals surface area contributed by atoms with E-state index in [1.165, 1.54) is 0 Å². The Balaban J connectivity index is 2.16. The average molecular weight is 284 g/mol. The lowest BCUT2D eigenvalue weighted by Gasteiger charge is -2.08. The molecule has 0 fully saturated rings. The summed E-state index contributed by atoms with van der Waals surface area (Å²) in [7, 11) is 0. The number of nitrogens with zero attached hydrogens (tertiary/aromatic N) is 3. The lowest BCUT2D eigenvalue weighted by molar-refractivity contribution is 0.392. The number of rotatable bonds is 4. The molecule has 21 heavy (non-hydrogen) atoms. The van der Waals surface area contributed by atoms with Crippen molar-refractivity contribution in [3.05, 3.63) is 41.0 Å². The number of para-hydroxylation sites is 1. The predicted molar refractivity (Wildman–Crippen MR) is 83.2 cm³/mol. The monoisotopic (exact) mass is 284 g/mol. The lowest BCUT2D eigenvalue weighted by Crippen LogP contribution is -2.06. The van der Waals surface area contributed by atoms with Gasteiger partial charge in [0.2, 0.25) is 0 Å². The fraction of sp³-hybridized carbons (Fsp3) is 0.375. The van der Waals surface area contributed by atoms with Crippen molar-refractivity contribution in [1.82, 2.24) is 14.7 Å². The van der Waals surface area contributed by atoms with Crippen molar-refractivity contribution < 1.29 is 4.52 Å². The van der Waals surface area contributed by atoms with E-state index in [9.17, 15) is 0 Å². The lowest BCUT2D eigenvalue weighted by atomic mass is 10.2. The van der Waals surface area contributed by atoms with Crippen molar-refractivity contribution in [2.75, 3.05) is 5.73 Å². The van der Waals surface area contributed by atoms with E-state index in [-0.39, 0.29) is 0 Å². The van der Waals surface area contributed by atoms with Crippen LogP contribution in [0.15, 0.2) is 22.7 Å². The van der Waals surface area contributed by atoms with Crippen LogP contribution in [-0.4, -0.2) is 14.7 Å². The summed E-state index contributed by atoms with van der Waals surface area (Å²) in [6.07, 6.45) is 1.97. The highest BCUT2D eigenvalue weighted by molar-refractivity contribution is 5.87. The van der Waals surface area contributed by atoms with Gasteiger partial charge in [0.05, 0.1) is 23.4 Å². The standard InChI is InChI=1S/C16H20N4O/c1-4-6-15-18-16-13(17)7-5-8-14(16)20(15)9-12-10(2)19-21-11(12)3/h5,7-8H,4,6,9,17H2,1-3H3. The van der Waals surface area contributed by atoms with Gasteiger partial charge in [-0.15, -0.1) is 0 Å². The number of hydrogen-bond acceptors (Lipinski definition) is 4. The van der Waals surface area contributed by atoms with Gasteiger partial charge in [0.15, 0.2) is 0 Å². The average Bonchev–Trinajstić information content (AvgIpc) is 2.96. The van der Waals surface area contributed by atoms with Crippen LogP contribution in [0.3, 0.4) is 0 Å². The molecule has 0 aliphatic heterocycles. The molecule has 1 aromatic carbocycles. The van der Waals surface area contributed by atoms with Gasteiger partial charge >= 0.3 is 0 Å². The maximum atomic E-state index is 6.06. The Kier molecular flexibility index (Phi) is 3.41. The van der Waals surface area contributed by atoms with Crippen LogP contribution in [-0.2, 0) is 13.0 Å². The fourth-order valence-electron chi connectivity index (χ4n) is 2.69. The SMILES string of the molecule is CCCc1nc2c(N)cccc2n1Cc1c(C)noc1C. The summed E-state index contributed by atoms with van der Waals surface area (Å²) in [4.78, 5) is 4.73. The van der Waals surface area contributed by atoms with Crippen molar-refractivity contribution in [2.24, 2.45) is 0 Å². The minimum absolute atomic E-state index is 0.719. The van der Waals surface area contributed by atoms with Crippen LogP contribution in [0.4, 0.5) is 5.69 Å². The van der Waals surface area contributed by atoms with Crippen molar-refractivity contribution >= 4 is 16.7 Å². The van der Waals surface area contributed by atoms with Crippen LogP contribution in [0.1, 0.15) is 36.2 Å². The van der Waals surface area contributed by atoms with E-state index >= 15 is 0 Å². The largest absolute Gasteiger partial charge is 0.397 e. The summed E-state index contributed by atoms with van der Waals surface area (Å²) >= 11 is 0. The molecule has 2 heterocycles. The van der Waals surface area contributed by atoms with Gasteiger partial charge in [0.25, 0.3) is 0 Å². The zero-order chi connectivity index (χ0) is 15.0. The summed E-state index contributed by atoms with van der Waals surface area (Å²) in [5.41, 5.74) is 10.8. The van der Waals surface area contributed by atoms with Crippen molar-refractivity contribution in [3.63, 3.8) is 0 Å². The number of nitrogens with two attached hydrogens (primary N) is 1. The molecule has 0 saturated heterocycles. The molecule has 2 aromatic heterocycles. The first-order chi connectivity index (χ1) is 10.1. The first kappa shape index (κ1) is 13.7. The Bertz CT molecular complexity index is 766. The summed E-state index contributed by atoms with van der Waals surface area (Å²) in [6.45, 7) is 6.79. The number of imidazole rings is 1. The van der Waals surface area contributed by atoms with E-state index in [1.807, 2.05) is 26.0 Å². The van der Waals surface area contributed by atoms with Crippen LogP contribution in [0.25, 0.3) is 11.0 Å². The van der Waals surface area contributed by atoms with E-state index in [0.717, 1.165) is 58.9 Å². The number of anilines is 1. The van der Waals surface area contributed by atoms with Crippen LogP contribution < -0.4 is 5.73 Å². The molecule has 0 unspecified atom stereocenters. The molecule has 3 rings (SSSR count). The molecule has 0 atom stereocenters. The Morgan fingerprint density at radius 3 is 2.76 bits per heavy atom. The third-order valence-electron chi connectivity index (χ3n) is 3.86. The van der Waals surface area contributed by atoms with Crippen molar-refractivity contribution in [1.29, 1.82) is 0 Å². The molecule has 0 bridgehead atoms. The van der Waals surface area contributed by atoms with E-state index in [2.05, 4.69) is 22.7 Å². The molecule has 3 aromatic rings. The number of hydrogen-bond donors (Lipinski definition) is 1. The minimum atomic E-state index is 0.719. The van der Waals surface area contributed by atoms with Crippen molar-refractivity contribution in [2.45, 2.75) is 40.2 Å². The molecule has 2 N–H and O–H groups in total. The molecule has 0 radical (unpaired) electrons. The summed E-state index contributed by atoms with van der Waals surface area (Å²) in [6, 6.07) is 5.93. The van der Waals surface area contributed by atoms with Crippen LogP contribution >= 0.6 is 0 Å². The first-order valence-corrected chi connectivity index (χ1v) is 7.27. The Morgan fingerprint density at radius 1 is 1.29 bits per heavy atom. The van der Waals surface area contributed by atoms with Crippen LogP contribution in [0.5, 0.6) is 0 Å². The fourth-order valence-corrected chi connectivity index (χ4v) is 2.69. The zero-order valence-electron chi connectivity index (χ0n) is 12.7. The second kappa shape index (κ2) is 5.24. The number of fused-ring (bicyclic) bond motifs is 1. The molecule has 5 nitrogen and oxygen atoms in total. The molecule has 0 spiro atoms. The highest BCUT2D eigenvalue weighted by Gasteiger charge is 2.16. The molecule has 0 amide bonds. The molecule has 5 heteroatoms. The number of benzene rings is 1. The van der Waals surface area contributed by atoms with Crippen LogP contribution in [0, 0.1) is 13.8 Å². The van der Waals surface area contributed by atoms with Crippen LogP contribution in [0.2, 0.25) is 0 Å². The molecular weight excluding hydrogens is 264 g/mol. The first-order valence-electron chi connectivity index (χ1n) is 7.27. The molecule has 0 saturated carbocycles. The van der Waals surface area contributed by atoms with Gasteiger partial charge in [-0.1, -0.05) is 18.1 Å². The summed E-state index contributed by atoms with van der Waals surface area (Å²) in [5, 5.41) is 4.04. The quantitative estimate of drug-likeness (QED) is 0.747. The highest BCUT2D eigenvalue weighted by Crippen LogP contribution is 2.25. The normalized spacial score (nSPS) is 11.4. The van der Waals surface area contributed by atoms with Gasteiger partial charge in [-0.05, 0) is 32.4 Å². The molecule has 0 aliphatic carbocycles. The van der Waals surface area contributed by atoms with E-state index in [0.29, 0.717) is 0 Å². The smallest absolute Gasteiger partial charge is 0.138 e. The minimum Gasteiger partial charge on any atom is -0.397 e. The Hall–Kier alpha value is -2.30. The second-order valence-electron chi connectivity index (χ2n) is 5.38. The number of aromatic nitrogens is 3. The maximum absolute atomic E-state index is 6.06. The van der Waals surface area contributed by atoms with Crippen molar-refractivity contribution in [3.8, 4) is 0 Å². The third kappa shape index (κ3) is 2.28. The van der Waals surface area contributed by atoms with Gasteiger partial charge in [0, 0.05) is 12.0 Å². The zero-order valence-corrected chi connectivity index (χ0v) is 12.7. The summed E-state index contributed by atoms with van der Waals surface area (Å²) < 4.78 is 7.50. The second-order valence-corrected chi connectivity index (χ2v) is 5.38. The van der Waals surface area contributed by atoms with E-state index < -0.39 is 0 Å². The van der Waals surface area contributed by atoms with Gasteiger partial charge in [0.1, 0.15) is 17.1 Å². The van der Waals surface area contributed by atoms with Gasteiger partial charge < -0.3 is 14.8 Å². The Labute approximate surface area is 123 Å². The molecule has 110 valence electrons. The number of aryl methyl sites for hydroxylation is 3. The topological polar surface area (TPSA) is 69.9 Å². The summed E-state index contributed by atoms with van der Waals surface area (Å²) in [5.74, 6) is 1.92. The number of nitrogen functional groups attached to an aromatic ring is 1. The van der Waals surface area contributed by atoms with Gasteiger partial charge in [-0.25, -0.2) is 4.98 Å². The van der Waals surface area contributed by atoms with Gasteiger partial charge in [-0.3, -0.25) is 0 Å².